The molecular formula is C29H39N3O8. The van der Waals surface area contributed by atoms with Gasteiger partial charge < -0.3 is 44.6 Å². The Bertz CT molecular complexity index is 1160. The number of aromatic nitrogens is 1. The van der Waals surface area contributed by atoms with Crippen molar-refractivity contribution < 1.29 is 38.3 Å². The number of nitrogens with one attached hydrogen (secondary N) is 1. The minimum Gasteiger partial charge on any atom is -0.506 e. The number of carbonyl (C=O) groups is 1. The number of phenols is 1. The van der Waals surface area contributed by atoms with E-state index >= 15 is 0 Å². The van der Waals surface area contributed by atoms with Crippen molar-refractivity contribution in [1.29, 1.82) is 0 Å². The van der Waals surface area contributed by atoms with Crippen LogP contribution in [0.1, 0.15) is 10.4 Å². The molecular weight excluding hydrogens is 518 g/mol. The molecule has 1 heterocycles. The van der Waals surface area contributed by atoms with Gasteiger partial charge in [-0.15, -0.1) is 0 Å². The zero-order valence-electron chi connectivity index (χ0n) is 22.9. The van der Waals surface area contributed by atoms with Crippen LogP contribution in [-0.2, 0) is 23.7 Å². The predicted octanol–water partition coefficient (Wildman–Crippen LogP) is 2.39. The molecule has 1 aromatic heterocycles. The molecule has 2 aromatic carbocycles. The molecule has 0 aliphatic rings. The summed E-state index contributed by atoms with van der Waals surface area (Å²) in [4.78, 5) is 17.1. The van der Waals surface area contributed by atoms with Crippen molar-refractivity contribution in [3.63, 3.8) is 0 Å². The lowest BCUT2D eigenvalue weighted by Crippen LogP contribution is -2.27. The van der Waals surface area contributed by atoms with Gasteiger partial charge in [-0.05, 0) is 24.3 Å². The van der Waals surface area contributed by atoms with Crippen LogP contribution in [0.25, 0.3) is 22.2 Å². The van der Waals surface area contributed by atoms with Crippen LogP contribution in [0.4, 0.5) is 0 Å². The number of fused-ring (bicyclic) bond motifs is 1. The van der Waals surface area contributed by atoms with Crippen molar-refractivity contribution in [2.45, 2.75) is 0 Å². The molecule has 0 saturated carbocycles. The molecule has 11 heteroatoms. The van der Waals surface area contributed by atoms with E-state index < -0.39 is 0 Å². The number of phenolic OH excluding ortho intramolecular Hbond substituents is 1. The third kappa shape index (κ3) is 10.3. The molecule has 0 spiro atoms. The molecule has 1 amide bonds. The Labute approximate surface area is 234 Å². The highest BCUT2D eigenvalue weighted by Gasteiger charge is 2.12. The Morgan fingerprint density at radius 3 is 1.98 bits per heavy atom. The summed E-state index contributed by atoms with van der Waals surface area (Å²) in [5.74, 6) is 0.491. The number of aromatic hydroxyl groups is 1. The Balaban J connectivity index is 1.26. The number of benzene rings is 2. The van der Waals surface area contributed by atoms with E-state index in [9.17, 15) is 9.90 Å². The quantitative estimate of drug-likeness (QED) is 0.177. The standard InChI is InChI=1S/C29H39N3O8/c1-35-27-21-25(32-28-24(27)3-2-4-26(28)33)22-5-7-23(8-6-22)29(34)31-10-12-37-14-16-39-18-20-40-19-17-38-15-13-36-11-9-30/h2-8,21,33H,9-20,30H2,1H3,(H,31,34). The molecule has 40 heavy (non-hydrogen) atoms. The molecule has 0 unspecified atom stereocenters. The Morgan fingerprint density at radius 1 is 0.825 bits per heavy atom. The normalized spacial score (nSPS) is 11.2. The first-order valence-electron chi connectivity index (χ1n) is 13.3. The molecule has 218 valence electrons. The molecule has 4 N–H and O–H groups in total. The van der Waals surface area contributed by atoms with E-state index in [1.54, 1.807) is 31.4 Å². The summed E-state index contributed by atoms with van der Waals surface area (Å²) in [6, 6.07) is 14.1. The SMILES string of the molecule is COc1cc(-c2ccc(C(=O)NCCOCCOCCOCCOCCOCCN)cc2)nc2c(O)cccc12. The lowest BCUT2D eigenvalue weighted by Gasteiger charge is -2.10. The van der Waals surface area contributed by atoms with Gasteiger partial charge in [0.05, 0.1) is 78.9 Å². The van der Waals surface area contributed by atoms with E-state index in [4.69, 9.17) is 34.2 Å². The van der Waals surface area contributed by atoms with Gasteiger partial charge in [0.25, 0.3) is 5.91 Å². The van der Waals surface area contributed by atoms with Crippen LogP contribution < -0.4 is 15.8 Å². The average Bonchev–Trinajstić information content (AvgIpc) is 2.98. The molecule has 3 aromatic rings. The Hall–Kier alpha value is -3.32. The monoisotopic (exact) mass is 557 g/mol. The highest BCUT2D eigenvalue weighted by Crippen LogP contribution is 2.33. The van der Waals surface area contributed by atoms with Crippen LogP contribution in [0.15, 0.2) is 48.5 Å². The van der Waals surface area contributed by atoms with Gasteiger partial charge in [0.15, 0.2) is 0 Å². The summed E-state index contributed by atoms with van der Waals surface area (Å²) in [6.45, 7) is 5.69. The van der Waals surface area contributed by atoms with Gasteiger partial charge >= 0.3 is 0 Å². The van der Waals surface area contributed by atoms with Crippen LogP contribution in [0.2, 0.25) is 0 Å². The molecule has 11 nitrogen and oxygen atoms in total. The number of pyridine rings is 1. The van der Waals surface area contributed by atoms with Gasteiger partial charge in [0.2, 0.25) is 0 Å². The van der Waals surface area contributed by atoms with E-state index in [2.05, 4.69) is 10.3 Å². The fourth-order valence-electron chi connectivity index (χ4n) is 3.72. The number of rotatable bonds is 20. The Kier molecular flexibility index (Phi) is 14.1. The van der Waals surface area contributed by atoms with Gasteiger partial charge in [0.1, 0.15) is 17.0 Å². The van der Waals surface area contributed by atoms with Crippen LogP contribution in [0.5, 0.6) is 11.5 Å². The third-order valence-electron chi connectivity index (χ3n) is 5.73. The summed E-state index contributed by atoms with van der Waals surface area (Å²) < 4.78 is 32.4. The van der Waals surface area contributed by atoms with Gasteiger partial charge in [-0.2, -0.15) is 0 Å². The second-order valence-corrected chi connectivity index (χ2v) is 8.57. The molecule has 0 aliphatic heterocycles. The predicted molar refractivity (Wildman–Crippen MR) is 151 cm³/mol. The zero-order valence-corrected chi connectivity index (χ0v) is 22.9. The molecule has 0 atom stereocenters. The number of para-hydroxylation sites is 1. The van der Waals surface area contributed by atoms with Crippen molar-refractivity contribution in [2.24, 2.45) is 5.73 Å². The smallest absolute Gasteiger partial charge is 0.251 e. The molecule has 0 saturated heterocycles. The van der Waals surface area contributed by atoms with Crippen molar-refractivity contribution in [3.05, 3.63) is 54.1 Å². The summed E-state index contributed by atoms with van der Waals surface area (Å²) in [6.07, 6.45) is 0. The number of hydrogen-bond acceptors (Lipinski definition) is 10. The third-order valence-corrected chi connectivity index (χ3v) is 5.73. The van der Waals surface area contributed by atoms with Crippen molar-refractivity contribution in [1.82, 2.24) is 10.3 Å². The lowest BCUT2D eigenvalue weighted by atomic mass is 10.1. The van der Waals surface area contributed by atoms with E-state index in [0.717, 1.165) is 10.9 Å². The van der Waals surface area contributed by atoms with Crippen LogP contribution in [0.3, 0.4) is 0 Å². The molecule has 3 rings (SSSR count). The van der Waals surface area contributed by atoms with Crippen LogP contribution in [-0.4, -0.2) is 102 Å². The van der Waals surface area contributed by atoms with Crippen molar-refractivity contribution in [3.8, 4) is 22.8 Å². The van der Waals surface area contributed by atoms with Gasteiger partial charge in [-0.3, -0.25) is 4.79 Å². The number of methoxy groups -OCH3 is 1. The minimum absolute atomic E-state index is 0.0786. The number of hydrogen-bond donors (Lipinski definition) is 3. The number of carbonyl (C=O) groups excluding carboxylic acids is 1. The fourth-order valence-corrected chi connectivity index (χ4v) is 3.72. The maximum Gasteiger partial charge on any atom is 0.251 e. The first kappa shape index (κ1) is 31.2. The van der Waals surface area contributed by atoms with Gasteiger partial charge in [0, 0.05) is 35.7 Å². The molecule has 0 radical (unpaired) electrons. The van der Waals surface area contributed by atoms with Gasteiger partial charge in [-0.1, -0.05) is 18.2 Å². The summed E-state index contributed by atoms with van der Waals surface area (Å²) >= 11 is 0. The Morgan fingerprint density at radius 2 is 1.40 bits per heavy atom. The topological polar surface area (TPSA) is 144 Å². The molecule has 0 fully saturated rings. The maximum absolute atomic E-state index is 12.5. The summed E-state index contributed by atoms with van der Waals surface area (Å²) in [5.41, 5.74) is 7.74. The number of ether oxygens (including phenoxy) is 6. The van der Waals surface area contributed by atoms with E-state index in [0.29, 0.717) is 102 Å². The fraction of sp³-hybridized carbons (Fsp3) is 0.448. The zero-order chi connectivity index (χ0) is 28.4. The first-order valence-corrected chi connectivity index (χ1v) is 13.3. The van der Waals surface area contributed by atoms with E-state index in [1.165, 1.54) is 0 Å². The van der Waals surface area contributed by atoms with Crippen molar-refractivity contribution in [2.75, 3.05) is 86.3 Å². The maximum atomic E-state index is 12.5. The molecule has 0 aliphatic carbocycles. The summed E-state index contributed by atoms with van der Waals surface area (Å²) in [7, 11) is 1.58. The largest absolute Gasteiger partial charge is 0.506 e. The van der Waals surface area contributed by atoms with Crippen molar-refractivity contribution >= 4 is 16.8 Å². The molecule has 0 bridgehead atoms. The second-order valence-electron chi connectivity index (χ2n) is 8.57. The van der Waals surface area contributed by atoms with Crippen LogP contribution in [0, 0.1) is 0 Å². The minimum atomic E-state index is -0.197. The van der Waals surface area contributed by atoms with E-state index in [-0.39, 0.29) is 11.7 Å². The lowest BCUT2D eigenvalue weighted by molar-refractivity contribution is -0.0102. The summed E-state index contributed by atoms with van der Waals surface area (Å²) in [5, 5.41) is 13.8. The number of amides is 1. The first-order chi connectivity index (χ1) is 19.6. The van der Waals surface area contributed by atoms with Gasteiger partial charge in [-0.25, -0.2) is 4.98 Å². The average molecular weight is 558 g/mol. The highest BCUT2D eigenvalue weighted by molar-refractivity contribution is 5.95. The number of nitrogens with zero attached hydrogens (tertiary/aromatic N) is 1. The second kappa shape index (κ2) is 18.1. The van der Waals surface area contributed by atoms with Crippen LogP contribution >= 0.6 is 0 Å². The van der Waals surface area contributed by atoms with E-state index in [1.807, 2.05) is 24.3 Å². The number of nitrogens with two attached hydrogens (primary N) is 1. The highest BCUT2D eigenvalue weighted by atomic mass is 16.6.